The molecular formula is C11H17ClN2O2. The Kier molecular flexibility index (Phi) is 7.33. The van der Waals surface area contributed by atoms with Crippen molar-refractivity contribution in [2.24, 2.45) is 0 Å². The molecule has 0 heterocycles. The van der Waals surface area contributed by atoms with Gasteiger partial charge >= 0.3 is 0 Å². The summed E-state index contributed by atoms with van der Waals surface area (Å²) in [7, 11) is 0. The van der Waals surface area contributed by atoms with Gasteiger partial charge < -0.3 is 15.8 Å². The predicted molar refractivity (Wildman–Crippen MR) is 67.8 cm³/mol. The first-order valence-corrected chi connectivity index (χ1v) is 4.96. The molecule has 16 heavy (non-hydrogen) atoms. The molecule has 0 aromatic heterocycles. The van der Waals surface area contributed by atoms with E-state index in [1.54, 1.807) is 12.1 Å². The molecule has 1 aromatic carbocycles. The largest absolute Gasteiger partial charge is 0.397 e. The second-order valence-corrected chi connectivity index (χ2v) is 3.08. The molecular weight excluding hydrogens is 228 g/mol. The van der Waals surface area contributed by atoms with Crippen molar-refractivity contribution in [3.63, 3.8) is 0 Å². The fraction of sp³-hybridized carbons (Fsp3) is 0.364. The van der Waals surface area contributed by atoms with Gasteiger partial charge in [0.15, 0.2) is 0 Å². The number of amides is 1. The number of ether oxygens (including phenoxy) is 1. The highest BCUT2D eigenvalue weighted by Gasteiger charge is 2.03. The molecule has 1 aromatic rings. The highest BCUT2D eigenvalue weighted by atomic mass is 35.5. The minimum atomic E-state index is -0.0821. The molecule has 0 spiro atoms. The van der Waals surface area contributed by atoms with E-state index < -0.39 is 0 Å². The normalized spacial score (nSPS) is 9.31. The lowest BCUT2D eigenvalue weighted by Gasteiger charge is -2.07. The van der Waals surface area contributed by atoms with Crippen LogP contribution in [0.2, 0.25) is 0 Å². The molecule has 1 rings (SSSR count). The zero-order valence-electron chi connectivity index (χ0n) is 9.23. The van der Waals surface area contributed by atoms with Gasteiger partial charge in [-0.25, -0.2) is 0 Å². The summed E-state index contributed by atoms with van der Waals surface area (Å²) in [4.78, 5) is 11.4. The Morgan fingerprint density at radius 2 is 2.12 bits per heavy atom. The van der Waals surface area contributed by atoms with E-state index in [9.17, 15) is 4.79 Å². The third-order valence-electron chi connectivity index (χ3n) is 1.91. The molecule has 4 nitrogen and oxygen atoms in total. The fourth-order valence-electron chi connectivity index (χ4n) is 1.13. The summed E-state index contributed by atoms with van der Waals surface area (Å²) in [6.45, 7) is 2.96. The Hall–Kier alpha value is -1.26. The molecule has 5 heteroatoms. The van der Waals surface area contributed by atoms with Crippen molar-refractivity contribution in [1.29, 1.82) is 0 Å². The van der Waals surface area contributed by atoms with Crippen molar-refractivity contribution in [2.75, 3.05) is 24.3 Å². The summed E-state index contributed by atoms with van der Waals surface area (Å²) in [5, 5.41) is 2.73. The third-order valence-corrected chi connectivity index (χ3v) is 1.91. The van der Waals surface area contributed by atoms with Crippen LogP contribution in [0.3, 0.4) is 0 Å². The summed E-state index contributed by atoms with van der Waals surface area (Å²) >= 11 is 0. The number of anilines is 2. The molecule has 0 aliphatic carbocycles. The van der Waals surface area contributed by atoms with Gasteiger partial charge in [0.25, 0.3) is 0 Å². The van der Waals surface area contributed by atoms with Gasteiger partial charge in [-0.2, -0.15) is 0 Å². The second-order valence-electron chi connectivity index (χ2n) is 3.08. The number of hydrogen-bond acceptors (Lipinski definition) is 3. The molecule has 0 atom stereocenters. The maximum absolute atomic E-state index is 11.4. The molecule has 0 fully saturated rings. The lowest BCUT2D eigenvalue weighted by atomic mass is 10.2. The summed E-state index contributed by atoms with van der Waals surface area (Å²) < 4.78 is 5.08. The van der Waals surface area contributed by atoms with E-state index in [0.29, 0.717) is 31.0 Å². The Bertz CT molecular complexity index is 332. The van der Waals surface area contributed by atoms with Crippen molar-refractivity contribution < 1.29 is 9.53 Å². The summed E-state index contributed by atoms with van der Waals surface area (Å²) in [6, 6.07) is 7.17. The number of rotatable bonds is 5. The van der Waals surface area contributed by atoms with Gasteiger partial charge in [-0.15, -0.1) is 12.4 Å². The third kappa shape index (κ3) is 5.00. The molecule has 0 aliphatic heterocycles. The first-order valence-electron chi connectivity index (χ1n) is 4.96. The van der Waals surface area contributed by atoms with Crippen LogP contribution in [0.1, 0.15) is 13.3 Å². The van der Waals surface area contributed by atoms with Crippen LogP contribution in [0, 0.1) is 0 Å². The van der Waals surface area contributed by atoms with Crippen LogP contribution < -0.4 is 11.1 Å². The van der Waals surface area contributed by atoms with E-state index in [1.807, 2.05) is 19.1 Å². The minimum Gasteiger partial charge on any atom is -0.397 e. The standard InChI is InChI=1S/C11H16N2O2.ClH/c1-2-15-8-7-11(14)13-10-6-4-3-5-9(10)12;/h3-6H,2,7-8,12H2,1H3,(H,13,14);1H. The first-order chi connectivity index (χ1) is 7.24. The average molecular weight is 245 g/mol. The molecule has 0 unspecified atom stereocenters. The number of hydrogen-bond donors (Lipinski definition) is 2. The van der Waals surface area contributed by atoms with E-state index in [4.69, 9.17) is 10.5 Å². The van der Waals surface area contributed by atoms with Gasteiger partial charge in [-0.05, 0) is 19.1 Å². The SMILES string of the molecule is CCOCCC(=O)Nc1ccccc1N.Cl. The molecule has 0 aliphatic rings. The number of carbonyl (C=O) groups is 1. The molecule has 0 saturated heterocycles. The number of nitrogens with one attached hydrogen (secondary N) is 1. The minimum absolute atomic E-state index is 0. The Morgan fingerprint density at radius 1 is 1.44 bits per heavy atom. The van der Waals surface area contributed by atoms with Gasteiger partial charge in [0.2, 0.25) is 5.91 Å². The van der Waals surface area contributed by atoms with Crippen molar-refractivity contribution in [2.45, 2.75) is 13.3 Å². The number of halogens is 1. The Labute approximate surface area is 102 Å². The highest BCUT2D eigenvalue weighted by molar-refractivity contribution is 5.93. The summed E-state index contributed by atoms with van der Waals surface area (Å²) in [5.41, 5.74) is 6.90. The van der Waals surface area contributed by atoms with Gasteiger partial charge in [-0.3, -0.25) is 4.79 Å². The van der Waals surface area contributed by atoms with E-state index in [0.717, 1.165) is 0 Å². The lowest BCUT2D eigenvalue weighted by Crippen LogP contribution is -2.15. The molecule has 0 radical (unpaired) electrons. The lowest BCUT2D eigenvalue weighted by molar-refractivity contribution is -0.117. The smallest absolute Gasteiger partial charge is 0.226 e. The van der Waals surface area contributed by atoms with E-state index in [2.05, 4.69) is 5.32 Å². The van der Waals surface area contributed by atoms with E-state index in [-0.39, 0.29) is 18.3 Å². The van der Waals surface area contributed by atoms with Crippen molar-refractivity contribution in [3.05, 3.63) is 24.3 Å². The Balaban J connectivity index is 0.00000225. The van der Waals surface area contributed by atoms with Crippen molar-refractivity contribution in [3.8, 4) is 0 Å². The van der Waals surface area contributed by atoms with Crippen LogP contribution in [0.5, 0.6) is 0 Å². The van der Waals surface area contributed by atoms with Crippen LogP contribution in [0.4, 0.5) is 11.4 Å². The van der Waals surface area contributed by atoms with Crippen LogP contribution in [-0.2, 0) is 9.53 Å². The van der Waals surface area contributed by atoms with Crippen LogP contribution in [0.25, 0.3) is 0 Å². The average Bonchev–Trinajstić information content (AvgIpc) is 2.22. The van der Waals surface area contributed by atoms with Gasteiger partial charge in [0.1, 0.15) is 0 Å². The van der Waals surface area contributed by atoms with Crippen molar-refractivity contribution in [1.82, 2.24) is 0 Å². The maximum atomic E-state index is 11.4. The first kappa shape index (κ1) is 14.7. The Morgan fingerprint density at radius 3 is 2.75 bits per heavy atom. The number of nitrogens with two attached hydrogens (primary N) is 1. The molecule has 0 saturated carbocycles. The van der Waals surface area contributed by atoms with Crippen molar-refractivity contribution >= 4 is 29.7 Å². The zero-order chi connectivity index (χ0) is 11.1. The maximum Gasteiger partial charge on any atom is 0.226 e. The van der Waals surface area contributed by atoms with E-state index >= 15 is 0 Å². The van der Waals surface area contributed by atoms with Gasteiger partial charge in [-0.1, -0.05) is 12.1 Å². The van der Waals surface area contributed by atoms with E-state index in [1.165, 1.54) is 0 Å². The van der Waals surface area contributed by atoms with Gasteiger partial charge in [0.05, 0.1) is 24.4 Å². The molecule has 1 amide bonds. The summed E-state index contributed by atoms with van der Waals surface area (Å²) in [6.07, 6.45) is 0.349. The quantitative estimate of drug-likeness (QED) is 0.616. The van der Waals surface area contributed by atoms with Crippen LogP contribution in [-0.4, -0.2) is 19.1 Å². The topological polar surface area (TPSA) is 64.3 Å². The van der Waals surface area contributed by atoms with Gasteiger partial charge in [0, 0.05) is 6.61 Å². The molecule has 0 bridgehead atoms. The number of para-hydroxylation sites is 2. The predicted octanol–water partition coefficient (Wildman–Crippen LogP) is 2.06. The molecule has 90 valence electrons. The number of carbonyl (C=O) groups excluding carboxylic acids is 1. The number of nitrogen functional groups attached to an aromatic ring is 1. The van der Waals surface area contributed by atoms with Crippen LogP contribution >= 0.6 is 12.4 Å². The second kappa shape index (κ2) is 7.96. The fourth-order valence-corrected chi connectivity index (χ4v) is 1.13. The summed E-state index contributed by atoms with van der Waals surface area (Å²) in [5.74, 6) is -0.0821. The zero-order valence-corrected chi connectivity index (χ0v) is 10.0. The van der Waals surface area contributed by atoms with Crippen LogP contribution in [0.15, 0.2) is 24.3 Å². The molecule has 3 N–H and O–H groups in total. The highest BCUT2D eigenvalue weighted by Crippen LogP contribution is 2.16. The number of benzene rings is 1. The monoisotopic (exact) mass is 244 g/mol.